The molecule has 0 spiro atoms. The summed E-state index contributed by atoms with van der Waals surface area (Å²) in [6.07, 6.45) is 4.78. The van der Waals surface area contributed by atoms with Gasteiger partial charge in [-0.05, 0) is 50.3 Å². The number of benzene rings is 1. The van der Waals surface area contributed by atoms with Crippen molar-refractivity contribution in [1.29, 1.82) is 0 Å². The van der Waals surface area contributed by atoms with Gasteiger partial charge in [0, 0.05) is 68.4 Å². The maximum Gasteiger partial charge on any atom is 0.274 e. The molecule has 5 heterocycles. The fourth-order valence-electron chi connectivity index (χ4n) is 5.56. The number of sulfonamides is 1. The fourth-order valence-corrected chi connectivity index (χ4v) is 9.24. The first-order valence-corrected chi connectivity index (χ1v) is 16.7. The maximum absolute atomic E-state index is 13.6. The van der Waals surface area contributed by atoms with Crippen LogP contribution in [0.1, 0.15) is 31.6 Å². The van der Waals surface area contributed by atoms with Crippen LogP contribution in [0.25, 0.3) is 21.6 Å². The minimum absolute atomic E-state index is 0.243. The van der Waals surface area contributed by atoms with Crippen LogP contribution < -0.4 is 4.31 Å². The molecule has 11 heteroatoms. The zero-order chi connectivity index (χ0) is 27.0. The Morgan fingerprint density at radius 3 is 2.69 bits per heavy atom. The highest BCUT2D eigenvalue weighted by molar-refractivity contribution is 7.94. The molecule has 4 aromatic rings. The van der Waals surface area contributed by atoms with Crippen molar-refractivity contribution in [1.82, 2.24) is 19.8 Å². The minimum Gasteiger partial charge on any atom is -0.377 e. The number of hydrogen-bond acceptors (Lipinski definition) is 8. The Morgan fingerprint density at radius 1 is 1.15 bits per heavy atom. The van der Waals surface area contributed by atoms with Crippen LogP contribution in [-0.4, -0.2) is 79.7 Å². The van der Waals surface area contributed by atoms with E-state index in [-0.39, 0.29) is 6.04 Å². The van der Waals surface area contributed by atoms with Gasteiger partial charge in [-0.15, -0.1) is 22.7 Å². The highest BCUT2D eigenvalue weighted by Crippen LogP contribution is 2.36. The summed E-state index contributed by atoms with van der Waals surface area (Å²) in [6, 6.07) is 11.1. The maximum atomic E-state index is 13.6. The summed E-state index contributed by atoms with van der Waals surface area (Å²) in [6.45, 7) is 11.0. The van der Waals surface area contributed by atoms with E-state index in [2.05, 4.69) is 20.9 Å². The summed E-state index contributed by atoms with van der Waals surface area (Å²) < 4.78 is 34.8. The lowest BCUT2D eigenvalue weighted by Gasteiger charge is -2.35. The molecular formula is C28H35N5O3S3. The molecule has 2 aliphatic heterocycles. The Kier molecular flexibility index (Phi) is 7.80. The topological polar surface area (TPSA) is 81.8 Å². The number of thiazole rings is 1. The second-order valence-corrected chi connectivity index (χ2v) is 14.7. The van der Waals surface area contributed by atoms with E-state index in [1.807, 2.05) is 38.2 Å². The third-order valence-corrected chi connectivity index (χ3v) is 11.8. The lowest BCUT2D eigenvalue weighted by molar-refractivity contribution is 0.0491. The molecule has 2 saturated heterocycles. The fraction of sp³-hybridized carbons (Fsp3) is 0.464. The highest BCUT2D eigenvalue weighted by Gasteiger charge is 2.30. The predicted molar refractivity (Wildman–Crippen MR) is 159 cm³/mol. The number of hydrogen-bond donors (Lipinski definition) is 1. The van der Waals surface area contributed by atoms with Gasteiger partial charge in [-0.2, -0.15) is 0 Å². The van der Waals surface area contributed by atoms with Crippen LogP contribution in [0.2, 0.25) is 0 Å². The van der Waals surface area contributed by atoms with Crippen molar-refractivity contribution in [2.45, 2.75) is 49.6 Å². The summed E-state index contributed by atoms with van der Waals surface area (Å²) in [5.74, 6) is 0. The molecule has 1 aromatic carbocycles. The average molecular weight is 586 g/mol. The number of H-pyrrole nitrogens is 1. The van der Waals surface area contributed by atoms with E-state index >= 15 is 0 Å². The summed E-state index contributed by atoms with van der Waals surface area (Å²) in [5.41, 5.74) is 2.37. The third-order valence-electron chi connectivity index (χ3n) is 7.46. The number of fused-ring (bicyclic) bond motifs is 1. The van der Waals surface area contributed by atoms with Crippen molar-refractivity contribution < 1.29 is 13.2 Å². The van der Waals surface area contributed by atoms with E-state index in [9.17, 15) is 8.42 Å². The number of aromatic nitrogens is 2. The smallest absolute Gasteiger partial charge is 0.274 e. The molecule has 2 fully saturated rings. The SMILES string of the molecule is CC(C)N(c1cccc2cc(-c3ncc(CN4CCN(CC5CCCO5)CC4)s3)[nH]c12)S(=O)(=O)c1cccs1. The lowest BCUT2D eigenvalue weighted by atomic mass is 10.2. The number of anilines is 1. The van der Waals surface area contributed by atoms with E-state index in [1.165, 1.54) is 33.4 Å². The Bertz CT molecular complexity index is 1500. The number of nitrogens with zero attached hydrogens (tertiary/aromatic N) is 4. The molecule has 39 heavy (non-hydrogen) atoms. The van der Waals surface area contributed by atoms with Gasteiger partial charge >= 0.3 is 0 Å². The molecule has 208 valence electrons. The van der Waals surface area contributed by atoms with Crippen LogP contribution >= 0.6 is 22.7 Å². The first-order valence-electron chi connectivity index (χ1n) is 13.6. The summed E-state index contributed by atoms with van der Waals surface area (Å²) in [4.78, 5) is 14.5. The van der Waals surface area contributed by atoms with Crippen LogP contribution in [0.15, 0.2) is 52.2 Å². The molecule has 2 aliphatic rings. The quantitative estimate of drug-likeness (QED) is 0.289. The summed E-state index contributed by atoms with van der Waals surface area (Å²) in [7, 11) is -3.68. The van der Waals surface area contributed by atoms with Gasteiger partial charge in [0.05, 0.1) is 23.0 Å². The largest absolute Gasteiger partial charge is 0.377 e. The van der Waals surface area contributed by atoms with Crippen LogP contribution in [0.3, 0.4) is 0 Å². The normalized spacial score (nSPS) is 19.4. The molecule has 6 rings (SSSR count). The number of ether oxygens (including phenoxy) is 1. The molecule has 0 bridgehead atoms. The first kappa shape index (κ1) is 26.9. The molecule has 1 atom stereocenters. The van der Waals surface area contributed by atoms with Crippen molar-refractivity contribution in [2.75, 3.05) is 43.6 Å². The molecule has 0 amide bonds. The molecule has 1 unspecified atom stereocenters. The Morgan fingerprint density at radius 2 is 1.97 bits per heavy atom. The van der Waals surface area contributed by atoms with E-state index in [0.717, 1.165) is 67.5 Å². The second-order valence-electron chi connectivity index (χ2n) is 10.6. The van der Waals surface area contributed by atoms with E-state index in [0.29, 0.717) is 16.0 Å². The van der Waals surface area contributed by atoms with Crippen molar-refractivity contribution in [3.05, 3.63) is 52.9 Å². The molecule has 8 nitrogen and oxygen atoms in total. The van der Waals surface area contributed by atoms with Gasteiger partial charge in [0.15, 0.2) is 0 Å². The number of rotatable bonds is 9. The van der Waals surface area contributed by atoms with Gasteiger partial charge in [0.25, 0.3) is 10.0 Å². The van der Waals surface area contributed by atoms with Crippen LogP contribution in [0.5, 0.6) is 0 Å². The van der Waals surface area contributed by atoms with Crippen LogP contribution in [-0.2, 0) is 21.3 Å². The summed E-state index contributed by atoms with van der Waals surface area (Å²) in [5, 5.41) is 3.68. The first-order chi connectivity index (χ1) is 18.9. The lowest BCUT2D eigenvalue weighted by Crippen LogP contribution is -2.47. The third kappa shape index (κ3) is 5.66. The second kappa shape index (κ2) is 11.3. The van der Waals surface area contributed by atoms with Crippen molar-refractivity contribution in [3.8, 4) is 10.7 Å². The molecule has 3 aromatic heterocycles. The zero-order valence-electron chi connectivity index (χ0n) is 22.4. The van der Waals surface area contributed by atoms with Gasteiger partial charge in [0.2, 0.25) is 0 Å². The Balaban J connectivity index is 1.18. The van der Waals surface area contributed by atoms with Gasteiger partial charge in [0.1, 0.15) is 9.22 Å². The van der Waals surface area contributed by atoms with Gasteiger partial charge in [-0.1, -0.05) is 18.2 Å². The number of aromatic amines is 1. The average Bonchev–Trinajstić information content (AvgIpc) is 3.72. The standard InChI is InChI=1S/C28H35N5O3S3/c1-20(2)33(39(34,35)26-9-5-15-37-26)25-8-3-6-21-16-24(30-27(21)25)28-29-17-23(38-28)19-32-12-10-31(11-13-32)18-22-7-4-14-36-22/h3,5-6,8-9,15-17,20,22,30H,4,7,10-14,18-19H2,1-2H3. The van der Waals surface area contributed by atoms with E-state index in [1.54, 1.807) is 28.8 Å². The molecule has 0 saturated carbocycles. The molecule has 0 radical (unpaired) electrons. The molecule has 1 N–H and O–H groups in total. The zero-order valence-corrected chi connectivity index (χ0v) is 24.8. The summed E-state index contributed by atoms with van der Waals surface area (Å²) >= 11 is 2.94. The van der Waals surface area contributed by atoms with Gasteiger partial charge < -0.3 is 9.72 Å². The number of piperazine rings is 1. The van der Waals surface area contributed by atoms with Crippen LogP contribution in [0.4, 0.5) is 5.69 Å². The van der Waals surface area contributed by atoms with Crippen LogP contribution in [0, 0.1) is 0 Å². The monoisotopic (exact) mass is 585 g/mol. The van der Waals surface area contributed by atoms with Crippen molar-refractivity contribution in [3.63, 3.8) is 0 Å². The number of nitrogens with one attached hydrogen (secondary N) is 1. The Labute approximate surface area is 238 Å². The predicted octanol–water partition coefficient (Wildman–Crippen LogP) is 5.25. The van der Waals surface area contributed by atoms with Crippen molar-refractivity contribution >= 4 is 49.3 Å². The van der Waals surface area contributed by atoms with E-state index in [4.69, 9.17) is 9.72 Å². The number of thiophene rings is 1. The Hall–Kier alpha value is -2.28. The van der Waals surface area contributed by atoms with Gasteiger partial charge in [-0.25, -0.2) is 13.4 Å². The van der Waals surface area contributed by atoms with E-state index < -0.39 is 10.0 Å². The van der Waals surface area contributed by atoms with Gasteiger partial charge in [-0.3, -0.25) is 14.1 Å². The minimum atomic E-state index is -3.68. The highest BCUT2D eigenvalue weighted by atomic mass is 32.2. The number of para-hydroxylation sites is 1. The molecular weight excluding hydrogens is 551 g/mol. The molecule has 0 aliphatic carbocycles. The van der Waals surface area contributed by atoms with Crippen molar-refractivity contribution in [2.24, 2.45) is 0 Å².